The summed E-state index contributed by atoms with van der Waals surface area (Å²) in [7, 11) is 0. The molecule has 3 rings (SSSR count). The van der Waals surface area contributed by atoms with Crippen LogP contribution in [0.25, 0.3) is 0 Å². The fourth-order valence-corrected chi connectivity index (χ4v) is 2.79. The number of rotatable bonds is 5. The van der Waals surface area contributed by atoms with Crippen LogP contribution in [0.3, 0.4) is 0 Å². The number of carbonyl (C=O) groups is 1. The summed E-state index contributed by atoms with van der Waals surface area (Å²) in [6.07, 6.45) is 2.02. The highest BCUT2D eigenvalue weighted by Crippen LogP contribution is 2.28. The van der Waals surface area contributed by atoms with Crippen molar-refractivity contribution in [2.75, 3.05) is 44.2 Å². The number of piperazine rings is 1. The van der Waals surface area contributed by atoms with Crippen LogP contribution in [-0.2, 0) is 4.79 Å². The molecule has 7 heteroatoms. The predicted molar refractivity (Wildman–Crippen MR) is 92.4 cm³/mol. The van der Waals surface area contributed by atoms with Gasteiger partial charge in [0, 0.05) is 44.3 Å². The highest BCUT2D eigenvalue weighted by atomic mass is 19.1. The van der Waals surface area contributed by atoms with Gasteiger partial charge in [-0.25, -0.2) is 4.39 Å². The second kappa shape index (κ2) is 7.51. The maximum Gasteiger partial charge on any atom is 0.223 e. The van der Waals surface area contributed by atoms with Gasteiger partial charge in [-0.1, -0.05) is 0 Å². The summed E-state index contributed by atoms with van der Waals surface area (Å²) in [6.45, 7) is 4.23. The van der Waals surface area contributed by atoms with Crippen LogP contribution in [0.2, 0.25) is 0 Å². The van der Waals surface area contributed by atoms with Crippen molar-refractivity contribution in [3.05, 3.63) is 30.1 Å². The number of carbonyl (C=O) groups excluding carboxylic acids is 1. The Hall–Kier alpha value is -2.31. The summed E-state index contributed by atoms with van der Waals surface area (Å²) in [5.74, 6) is 0.666. The molecule has 6 nitrogen and oxygen atoms in total. The summed E-state index contributed by atoms with van der Waals surface area (Å²) in [5, 5.41) is 2.88. The summed E-state index contributed by atoms with van der Waals surface area (Å²) >= 11 is 0. The van der Waals surface area contributed by atoms with Crippen molar-refractivity contribution in [3.63, 3.8) is 0 Å². The minimum Gasteiger partial charge on any atom is -0.370 e. The first-order valence-electron chi connectivity index (χ1n) is 8.46. The molecule has 2 fully saturated rings. The minimum absolute atomic E-state index is 0.136. The molecule has 1 aliphatic carbocycles. The average Bonchev–Trinajstić information content (AvgIpc) is 3.44. The van der Waals surface area contributed by atoms with Gasteiger partial charge in [-0.05, 0) is 37.1 Å². The second-order valence-corrected chi connectivity index (χ2v) is 6.26. The number of anilines is 1. The Bertz CT molecular complexity index is 592. The molecule has 1 saturated heterocycles. The molecule has 0 atom stereocenters. The van der Waals surface area contributed by atoms with Crippen LogP contribution in [-0.4, -0.2) is 56.0 Å². The Kier molecular flexibility index (Phi) is 5.17. The Labute approximate surface area is 141 Å². The van der Waals surface area contributed by atoms with Crippen molar-refractivity contribution in [2.24, 2.45) is 16.6 Å². The lowest BCUT2D eigenvalue weighted by atomic mass is 10.2. The largest absolute Gasteiger partial charge is 0.370 e. The second-order valence-electron chi connectivity index (χ2n) is 6.26. The first-order chi connectivity index (χ1) is 11.6. The summed E-state index contributed by atoms with van der Waals surface area (Å²) < 4.78 is 13.0. The average molecular weight is 333 g/mol. The number of hydrogen-bond acceptors (Lipinski definition) is 3. The van der Waals surface area contributed by atoms with Gasteiger partial charge in [-0.15, -0.1) is 0 Å². The van der Waals surface area contributed by atoms with Gasteiger partial charge >= 0.3 is 0 Å². The zero-order valence-electron chi connectivity index (χ0n) is 13.7. The lowest BCUT2D eigenvalue weighted by molar-refractivity contribution is -0.122. The Balaban J connectivity index is 1.40. The zero-order valence-corrected chi connectivity index (χ0v) is 13.7. The first-order valence-corrected chi connectivity index (χ1v) is 8.46. The molecule has 130 valence electrons. The fourth-order valence-electron chi connectivity index (χ4n) is 2.79. The van der Waals surface area contributed by atoms with Gasteiger partial charge in [0.1, 0.15) is 5.82 Å². The van der Waals surface area contributed by atoms with Crippen molar-refractivity contribution >= 4 is 17.6 Å². The van der Waals surface area contributed by atoms with E-state index in [2.05, 4.69) is 15.2 Å². The Morgan fingerprint density at radius 1 is 1.21 bits per heavy atom. The lowest BCUT2D eigenvalue weighted by Crippen LogP contribution is -2.51. The summed E-state index contributed by atoms with van der Waals surface area (Å²) in [4.78, 5) is 20.1. The highest BCUT2D eigenvalue weighted by molar-refractivity contribution is 5.81. The number of hydrogen-bond donors (Lipinski definition) is 2. The third-order valence-electron chi connectivity index (χ3n) is 4.43. The minimum atomic E-state index is -0.220. The maximum absolute atomic E-state index is 13.0. The predicted octanol–water partition coefficient (Wildman–Crippen LogP) is 0.789. The van der Waals surface area contributed by atoms with E-state index in [9.17, 15) is 9.18 Å². The van der Waals surface area contributed by atoms with Crippen LogP contribution in [0.4, 0.5) is 10.1 Å². The smallest absolute Gasteiger partial charge is 0.223 e. The van der Waals surface area contributed by atoms with E-state index in [4.69, 9.17) is 5.73 Å². The van der Waals surface area contributed by atoms with Gasteiger partial charge in [0.15, 0.2) is 5.96 Å². The van der Waals surface area contributed by atoms with E-state index in [1.807, 2.05) is 4.90 Å². The fraction of sp³-hybridized carbons (Fsp3) is 0.529. The van der Waals surface area contributed by atoms with Crippen LogP contribution in [0.1, 0.15) is 12.8 Å². The number of nitrogens with two attached hydrogens (primary N) is 1. The number of guanidine groups is 1. The number of nitrogens with one attached hydrogen (secondary N) is 1. The summed E-state index contributed by atoms with van der Waals surface area (Å²) in [6, 6.07) is 6.55. The van der Waals surface area contributed by atoms with E-state index in [0.29, 0.717) is 19.0 Å². The first kappa shape index (κ1) is 16.5. The lowest BCUT2D eigenvalue weighted by Gasteiger charge is -2.36. The topological polar surface area (TPSA) is 74.0 Å². The van der Waals surface area contributed by atoms with Crippen LogP contribution < -0.4 is 16.0 Å². The molecular weight excluding hydrogens is 309 g/mol. The van der Waals surface area contributed by atoms with Crippen molar-refractivity contribution in [1.82, 2.24) is 10.2 Å². The van der Waals surface area contributed by atoms with Crippen molar-refractivity contribution in [2.45, 2.75) is 12.8 Å². The highest BCUT2D eigenvalue weighted by Gasteiger charge is 2.29. The monoisotopic (exact) mass is 333 g/mol. The summed E-state index contributed by atoms with van der Waals surface area (Å²) in [5.41, 5.74) is 7.06. The maximum atomic E-state index is 13.0. The van der Waals surface area contributed by atoms with Gasteiger partial charge in [-0.2, -0.15) is 0 Å². The Morgan fingerprint density at radius 3 is 2.50 bits per heavy atom. The van der Waals surface area contributed by atoms with Crippen LogP contribution in [0, 0.1) is 11.7 Å². The molecule has 0 unspecified atom stereocenters. The van der Waals surface area contributed by atoms with Crippen LogP contribution in [0.15, 0.2) is 29.3 Å². The van der Waals surface area contributed by atoms with E-state index in [1.165, 1.54) is 12.1 Å². The van der Waals surface area contributed by atoms with E-state index >= 15 is 0 Å². The molecule has 0 bridgehead atoms. The van der Waals surface area contributed by atoms with Crippen LogP contribution in [0.5, 0.6) is 0 Å². The normalized spacial score (nSPS) is 18.6. The van der Waals surface area contributed by atoms with Gasteiger partial charge in [0.25, 0.3) is 0 Å². The van der Waals surface area contributed by atoms with Gasteiger partial charge in [0.2, 0.25) is 5.91 Å². The third-order valence-corrected chi connectivity index (χ3v) is 4.43. The standard InChI is InChI=1S/C17H24FN5O/c18-14-3-5-15(6-4-14)22-9-11-23(12-10-22)17(19)21-8-7-20-16(24)13-1-2-13/h3-6,13H,1-2,7-12H2,(H2,19,21)(H,20,24). The molecule has 0 spiro atoms. The van der Waals surface area contributed by atoms with Crippen LogP contribution >= 0.6 is 0 Å². The van der Waals surface area contributed by atoms with E-state index in [-0.39, 0.29) is 17.6 Å². The molecule has 3 N–H and O–H groups in total. The van der Waals surface area contributed by atoms with Gasteiger partial charge in [0.05, 0.1) is 6.54 Å². The number of halogens is 1. The molecule has 0 radical (unpaired) electrons. The quantitative estimate of drug-likeness (QED) is 0.475. The van der Waals surface area contributed by atoms with Crippen molar-refractivity contribution < 1.29 is 9.18 Å². The molecule has 2 aliphatic rings. The van der Waals surface area contributed by atoms with E-state index in [1.54, 1.807) is 12.1 Å². The zero-order chi connectivity index (χ0) is 16.9. The molecule has 1 heterocycles. The number of nitrogens with zero attached hydrogens (tertiary/aromatic N) is 3. The Morgan fingerprint density at radius 2 is 1.88 bits per heavy atom. The molecule has 24 heavy (non-hydrogen) atoms. The number of amides is 1. The number of aliphatic imine (C=N–C) groups is 1. The SMILES string of the molecule is NC(=NCCNC(=O)C1CC1)N1CCN(c2ccc(F)cc2)CC1. The molecule has 1 aliphatic heterocycles. The molecule has 1 aromatic rings. The third kappa shape index (κ3) is 4.37. The van der Waals surface area contributed by atoms with Gasteiger partial charge < -0.3 is 20.9 Å². The van der Waals surface area contributed by atoms with E-state index in [0.717, 1.165) is 44.7 Å². The molecular formula is C17H24FN5O. The molecule has 0 aromatic heterocycles. The van der Waals surface area contributed by atoms with Crippen molar-refractivity contribution in [1.29, 1.82) is 0 Å². The van der Waals surface area contributed by atoms with Gasteiger partial charge in [-0.3, -0.25) is 9.79 Å². The molecule has 1 aromatic carbocycles. The van der Waals surface area contributed by atoms with E-state index < -0.39 is 0 Å². The molecule has 1 amide bonds. The molecule has 1 saturated carbocycles. The van der Waals surface area contributed by atoms with Crippen molar-refractivity contribution in [3.8, 4) is 0 Å². The number of benzene rings is 1.